The number of aryl methyl sites for hydroxylation is 1. The zero-order valence-corrected chi connectivity index (χ0v) is 15.2. The zero-order valence-electron chi connectivity index (χ0n) is 15.2. The SMILES string of the molecule is Cc1cc2ncnn2cc1C1=CC2CCC(C1)N2C(=O)OC(C)(C)C. The number of carbonyl (C=O) groups is 1. The van der Waals surface area contributed by atoms with Crippen molar-refractivity contribution in [1.29, 1.82) is 0 Å². The number of ether oxygens (including phenoxy) is 1. The average Bonchev–Trinajstić information content (AvgIpc) is 3.06. The van der Waals surface area contributed by atoms with Gasteiger partial charge >= 0.3 is 6.09 Å². The minimum absolute atomic E-state index is 0.120. The molecule has 2 atom stereocenters. The molecule has 25 heavy (non-hydrogen) atoms. The minimum Gasteiger partial charge on any atom is -0.444 e. The Morgan fingerprint density at radius 1 is 1.32 bits per heavy atom. The van der Waals surface area contributed by atoms with Crippen molar-refractivity contribution in [1.82, 2.24) is 19.5 Å². The van der Waals surface area contributed by atoms with E-state index < -0.39 is 5.60 Å². The fraction of sp³-hybridized carbons (Fsp3) is 0.526. The zero-order chi connectivity index (χ0) is 17.8. The van der Waals surface area contributed by atoms with Crippen LogP contribution in [0.1, 0.15) is 51.2 Å². The quantitative estimate of drug-likeness (QED) is 0.796. The van der Waals surface area contributed by atoms with Gasteiger partial charge in [-0.2, -0.15) is 5.10 Å². The molecule has 0 aromatic carbocycles. The van der Waals surface area contributed by atoms with Gasteiger partial charge in [0.25, 0.3) is 0 Å². The number of fused-ring (bicyclic) bond motifs is 3. The van der Waals surface area contributed by atoms with Crippen LogP contribution >= 0.6 is 0 Å². The second kappa shape index (κ2) is 5.58. The highest BCUT2D eigenvalue weighted by Gasteiger charge is 2.41. The van der Waals surface area contributed by atoms with Gasteiger partial charge < -0.3 is 4.74 Å². The number of hydrogen-bond acceptors (Lipinski definition) is 4. The van der Waals surface area contributed by atoms with Crippen molar-refractivity contribution < 1.29 is 9.53 Å². The molecule has 0 spiro atoms. The summed E-state index contributed by atoms with van der Waals surface area (Å²) < 4.78 is 7.42. The molecule has 4 heterocycles. The highest BCUT2D eigenvalue weighted by molar-refractivity contribution is 5.76. The van der Waals surface area contributed by atoms with Crippen molar-refractivity contribution in [3.63, 3.8) is 0 Å². The van der Waals surface area contributed by atoms with Crippen molar-refractivity contribution in [2.24, 2.45) is 0 Å². The van der Waals surface area contributed by atoms with Gasteiger partial charge in [0.2, 0.25) is 0 Å². The van der Waals surface area contributed by atoms with E-state index in [1.807, 2.05) is 36.4 Å². The monoisotopic (exact) mass is 340 g/mol. The van der Waals surface area contributed by atoms with Crippen LogP contribution in [0.3, 0.4) is 0 Å². The van der Waals surface area contributed by atoms with E-state index in [1.54, 1.807) is 6.33 Å². The molecule has 0 N–H and O–H groups in total. The Bertz CT molecular complexity index is 862. The van der Waals surface area contributed by atoms with Gasteiger partial charge in [-0.1, -0.05) is 6.08 Å². The van der Waals surface area contributed by atoms with Crippen molar-refractivity contribution in [3.8, 4) is 0 Å². The predicted octanol–water partition coefficient (Wildman–Crippen LogP) is 3.59. The average molecular weight is 340 g/mol. The summed E-state index contributed by atoms with van der Waals surface area (Å²) in [7, 11) is 0. The molecule has 0 aliphatic carbocycles. The molecule has 0 radical (unpaired) electrons. The number of aromatic nitrogens is 3. The third kappa shape index (κ3) is 2.90. The summed E-state index contributed by atoms with van der Waals surface area (Å²) in [4.78, 5) is 18.7. The maximum Gasteiger partial charge on any atom is 0.411 e. The fourth-order valence-corrected chi connectivity index (χ4v) is 3.92. The van der Waals surface area contributed by atoms with E-state index in [2.05, 4.69) is 29.1 Å². The Morgan fingerprint density at radius 2 is 2.12 bits per heavy atom. The molecule has 2 aliphatic rings. The van der Waals surface area contributed by atoms with Gasteiger partial charge in [-0.15, -0.1) is 0 Å². The molecule has 1 amide bonds. The molecule has 2 aromatic rings. The number of nitrogens with zero attached hydrogens (tertiary/aromatic N) is 4. The van der Waals surface area contributed by atoms with Crippen molar-refractivity contribution >= 4 is 17.3 Å². The van der Waals surface area contributed by atoms with E-state index in [0.717, 1.165) is 24.9 Å². The summed E-state index contributed by atoms with van der Waals surface area (Å²) in [6.45, 7) is 7.84. The Balaban J connectivity index is 1.64. The molecule has 1 saturated heterocycles. The number of amides is 1. The predicted molar refractivity (Wildman–Crippen MR) is 95.2 cm³/mol. The van der Waals surface area contributed by atoms with Crippen LogP contribution in [0.2, 0.25) is 0 Å². The lowest BCUT2D eigenvalue weighted by Crippen LogP contribution is -2.45. The second-order valence-electron chi connectivity index (χ2n) is 8.02. The molecular weight excluding hydrogens is 316 g/mol. The van der Waals surface area contributed by atoms with Gasteiger partial charge in [0.1, 0.15) is 11.9 Å². The molecule has 0 saturated carbocycles. The molecule has 6 heteroatoms. The lowest BCUT2D eigenvalue weighted by atomic mass is 9.93. The van der Waals surface area contributed by atoms with Crippen LogP contribution in [-0.2, 0) is 4.74 Å². The first-order valence-electron chi connectivity index (χ1n) is 8.84. The Morgan fingerprint density at radius 3 is 2.84 bits per heavy atom. The van der Waals surface area contributed by atoms with Crippen LogP contribution in [0, 0.1) is 6.92 Å². The van der Waals surface area contributed by atoms with E-state index in [0.29, 0.717) is 0 Å². The van der Waals surface area contributed by atoms with Crippen LogP contribution in [0.25, 0.3) is 11.2 Å². The van der Waals surface area contributed by atoms with Gasteiger partial charge in [-0.3, -0.25) is 4.90 Å². The standard InChI is InChI=1S/C19H24N4O2/c1-12-7-17-20-11-21-22(17)10-16(12)13-8-14-5-6-15(9-13)23(14)18(24)25-19(2,3)4/h7-8,10-11,14-15H,5-6,9H2,1-4H3. The first kappa shape index (κ1) is 16.1. The van der Waals surface area contributed by atoms with E-state index in [4.69, 9.17) is 4.74 Å². The summed E-state index contributed by atoms with van der Waals surface area (Å²) >= 11 is 0. The maximum absolute atomic E-state index is 12.6. The molecule has 6 nitrogen and oxygen atoms in total. The molecule has 2 aromatic heterocycles. The van der Waals surface area contributed by atoms with Crippen LogP contribution in [-0.4, -0.2) is 43.3 Å². The summed E-state index contributed by atoms with van der Waals surface area (Å²) in [6, 6.07) is 2.39. The number of carbonyl (C=O) groups excluding carboxylic acids is 1. The Labute approximate surface area is 147 Å². The van der Waals surface area contributed by atoms with Crippen molar-refractivity contribution in [2.75, 3.05) is 0 Å². The highest BCUT2D eigenvalue weighted by Crippen LogP contribution is 2.40. The third-order valence-corrected chi connectivity index (χ3v) is 4.97. The first-order chi connectivity index (χ1) is 11.8. The molecule has 2 unspecified atom stereocenters. The summed E-state index contributed by atoms with van der Waals surface area (Å²) in [5.41, 5.74) is 4.07. The van der Waals surface area contributed by atoms with Gasteiger partial charge in [-0.05, 0) is 69.7 Å². The van der Waals surface area contributed by atoms with E-state index in [9.17, 15) is 4.79 Å². The van der Waals surface area contributed by atoms with Gasteiger partial charge in [-0.25, -0.2) is 14.3 Å². The lowest BCUT2D eigenvalue weighted by Gasteiger charge is -2.35. The minimum atomic E-state index is -0.463. The van der Waals surface area contributed by atoms with Crippen LogP contribution < -0.4 is 0 Å². The van der Waals surface area contributed by atoms with Crippen LogP contribution in [0.15, 0.2) is 24.7 Å². The van der Waals surface area contributed by atoms with E-state index in [1.165, 1.54) is 16.7 Å². The van der Waals surface area contributed by atoms with Crippen molar-refractivity contribution in [3.05, 3.63) is 35.8 Å². The van der Waals surface area contributed by atoms with Crippen molar-refractivity contribution in [2.45, 2.75) is 64.6 Å². The molecule has 1 fully saturated rings. The maximum atomic E-state index is 12.6. The van der Waals surface area contributed by atoms with E-state index in [-0.39, 0.29) is 18.2 Å². The van der Waals surface area contributed by atoms with Gasteiger partial charge in [0.15, 0.2) is 5.65 Å². The largest absolute Gasteiger partial charge is 0.444 e. The van der Waals surface area contributed by atoms with Gasteiger partial charge in [0, 0.05) is 12.2 Å². The van der Waals surface area contributed by atoms with Crippen LogP contribution in [0.4, 0.5) is 4.79 Å². The Hall–Kier alpha value is -2.37. The molecule has 132 valence electrons. The second-order valence-corrected chi connectivity index (χ2v) is 8.02. The summed E-state index contributed by atoms with van der Waals surface area (Å²) in [6.07, 6.45) is 8.54. The first-order valence-corrected chi connectivity index (χ1v) is 8.84. The number of rotatable bonds is 1. The lowest BCUT2D eigenvalue weighted by molar-refractivity contribution is 0.0175. The third-order valence-electron chi connectivity index (χ3n) is 4.97. The topological polar surface area (TPSA) is 59.7 Å². The molecule has 2 aliphatic heterocycles. The number of hydrogen-bond donors (Lipinski definition) is 0. The summed E-state index contributed by atoms with van der Waals surface area (Å²) in [5.74, 6) is 0. The smallest absolute Gasteiger partial charge is 0.411 e. The normalized spacial score (nSPS) is 23.0. The van der Waals surface area contributed by atoms with Crippen LogP contribution in [0.5, 0.6) is 0 Å². The van der Waals surface area contributed by atoms with Gasteiger partial charge in [0.05, 0.1) is 6.04 Å². The Kier molecular flexibility index (Phi) is 3.60. The molecule has 2 bridgehead atoms. The molecular formula is C19H24N4O2. The molecule has 4 rings (SSSR count). The van der Waals surface area contributed by atoms with E-state index >= 15 is 0 Å². The number of pyridine rings is 1. The summed E-state index contributed by atoms with van der Waals surface area (Å²) in [5, 5.41) is 4.25. The fourth-order valence-electron chi connectivity index (χ4n) is 3.92. The highest BCUT2D eigenvalue weighted by atomic mass is 16.6.